The molecule has 1 aliphatic heterocycles. The second kappa shape index (κ2) is 4.66. The largest absolute Gasteiger partial charge is 0.478 e. The lowest BCUT2D eigenvalue weighted by Gasteiger charge is -2.40. The zero-order valence-electron chi connectivity index (χ0n) is 9.52. The molecule has 1 saturated heterocycles. The minimum absolute atomic E-state index is 0.361. The molecular weight excluding hydrogens is 202 g/mol. The summed E-state index contributed by atoms with van der Waals surface area (Å²) < 4.78 is 0. The molecule has 1 aromatic rings. The molecule has 0 saturated carbocycles. The van der Waals surface area contributed by atoms with Crippen LogP contribution in [0.4, 0.5) is 0 Å². The highest BCUT2D eigenvalue weighted by molar-refractivity contribution is 5.87. The number of likely N-dealkylation sites (tertiary alicyclic amines) is 1. The van der Waals surface area contributed by atoms with Crippen LogP contribution in [0.5, 0.6) is 0 Å². The number of nitrogens with zero attached hydrogens (tertiary/aromatic N) is 1. The summed E-state index contributed by atoms with van der Waals surface area (Å²) in [7, 11) is 0. The van der Waals surface area contributed by atoms with E-state index in [1.807, 2.05) is 12.1 Å². The van der Waals surface area contributed by atoms with E-state index in [2.05, 4.69) is 11.8 Å². The van der Waals surface area contributed by atoms with E-state index in [1.54, 1.807) is 12.1 Å². The fourth-order valence-electron chi connectivity index (χ4n) is 2.15. The maximum Gasteiger partial charge on any atom is 0.335 e. The Kier molecular flexibility index (Phi) is 3.25. The van der Waals surface area contributed by atoms with Gasteiger partial charge in [-0.05, 0) is 30.5 Å². The van der Waals surface area contributed by atoms with E-state index in [0.29, 0.717) is 5.56 Å². The average molecular weight is 219 g/mol. The zero-order valence-corrected chi connectivity index (χ0v) is 9.52. The molecule has 1 fully saturated rings. The molecule has 0 bridgehead atoms. The first kappa shape index (κ1) is 11.1. The summed E-state index contributed by atoms with van der Waals surface area (Å²) in [5.74, 6) is -0.859. The van der Waals surface area contributed by atoms with Gasteiger partial charge in [-0.2, -0.15) is 0 Å². The predicted octanol–water partition coefficient (Wildman–Crippen LogP) is 2.37. The molecule has 0 amide bonds. The van der Waals surface area contributed by atoms with Gasteiger partial charge in [0.05, 0.1) is 5.56 Å². The fourth-order valence-corrected chi connectivity index (χ4v) is 2.15. The number of rotatable bonds is 4. The third-order valence-corrected chi connectivity index (χ3v) is 3.32. The molecule has 1 aromatic carbocycles. The first-order valence-corrected chi connectivity index (χ1v) is 5.77. The zero-order chi connectivity index (χ0) is 11.5. The Bertz CT molecular complexity index is 370. The normalized spacial score (nSPS) is 20.4. The Morgan fingerprint density at radius 1 is 1.44 bits per heavy atom. The van der Waals surface area contributed by atoms with Crippen molar-refractivity contribution in [1.29, 1.82) is 0 Å². The van der Waals surface area contributed by atoms with E-state index < -0.39 is 5.97 Å². The lowest BCUT2D eigenvalue weighted by molar-refractivity contribution is 0.0696. The van der Waals surface area contributed by atoms with Gasteiger partial charge < -0.3 is 5.11 Å². The van der Waals surface area contributed by atoms with Crippen LogP contribution in [0.2, 0.25) is 0 Å². The van der Waals surface area contributed by atoms with Gasteiger partial charge in [0.15, 0.2) is 0 Å². The van der Waals surface area contributed by atoms with E-state index in [9.17, 15) is 4.79 Å². The van der Waals surface area contributed by atoms with Crippen LogP contribution in [0, 0.1) is 0 Å². The van der Waals surface area contributed by atoms with Crippen LogP contribution in [0.3, 0.4) is 0 Å². The van der Waals surface area contributed by atoms with Crippen LogP contribution in [0.25, 0.3) is 0 Å². The van der Waals surface area contributed by atoms with Gasteiger partial charge in [0, 0.05) is 19.1 Å². The summed E-state index contributed by atoms with van der Waals surface area (Å²) in [4.78, 5) is 13.1. The van der Waals surface area contributed by atoms with Crippen LogP contribution < -0.4 is 0 Å². The summed E-state index contributed by atoms with van der Waals surface area (Å²) in [6.07, 6.45) is 2.50. The topological polar surface area (TPSA) is 40.5 Å². The fraction of sp³-hybridized carbons (Fsp3) is 0.462. The summed E-state index contributed by atoms with van der Waals surface area (Å²) in [6, 6.07) is 7.90. The Morgan fingerprint density at radius 2 is 2.12 bits per heavy atom. The van der Waals surface area contributed by atoms with E-state index in [0.717, 1.165) is 12.6 Å². The maximum absolute atomic E-state index is 10.7. The van der Waals surface area contributed by atoms with Gasteiger partial charge in [0.25, 0.3) is 0 Å². The highest BCUT2D eigenvalue weighted by Crippen LogP contribution is 2.22. The van der Waals surface area contributed by atoms with Crippen molar-refractivity contribution >= 4 is 5.97 Å². The SMILES string of the molecule is CCC1CCN1Cc1ccc(C(=O)O)cc1. The van der Waals surface area contributed by atoms with Crippen molar-refractivity contribution < 1.29 is 9.90 Å². The van der Waals surface area contributed by atoms with Crippen LogP contribution >= 0.6 is 0 Å². The molecule has 86 valence electrons. The van der Waals surface area contributed by atoms with Crippen molar-refractivity contribution in [3.63, 3.8) is 0 Å². The van der Waals surface area contributed by atoms with Gasteiger partial charge in [-0.15, -0.1) is 0 Å². The first-order valence-electron chi connectivity index (χ1n) is 5.77. The minimum atomic E-state index is -0.859. The summed E-state index contributed by atoms with van der Waals surface area (Å²) in [5.41, 5.74) is 1.56. The van der Waals surface area contributed by atoms with E-state index in [1.165, 1.54) is 24.9 Å². The average Bonchev–Trinajstić information content (AvgIpc) is 2.26. The van der Waals surface area contributed by atoms with Gasteiger partial charge in [0.1, 0.15) is 0 Å². The minimum Gasteiger partial charge on any atom is -0.478 e. The number of aromatic carboxylic acids is 1. The van der Waals surface area contributed by atoms with E-state index in [-0.39, 0.29) is 0 Å². The summed E-state index contributed by atoms with van der Waals surface area (Å²) >= 11 is 0. The van der Waals surface area contributed by atoms with Crippen molar-refractivity contribution in [2.45, 2.75) is 32.4 Å². The molecule has 3 nitrogen and oxygen atoms in total. The van der Waals surface area contributed by atoms with Gasteiger partial charge in [0.2, 0.25) is 0 Å². The number of hydrogen-bond acceptors (Lipinski definition) is 2. The Hall–Kier alpha value is -1.35. The molecule has 16 heavy (non-hydrogen) atoms. The van der Waals surface area contributed by atoms with Crippen molar-refractivity contribution in [3.05, 3.63) is 35.4 Å². The number of carboxylic acid groups (broad SMARTS) is 1. The number of hydrogen-bond donors (Lipinski definition) is 1. The summed E-state index contributed by atoms with van der Waals surface area (Å²) in [5, 5.41) is 8.78. The number of carbonyl (C=O) groups is 1. The van der Waals surface area contributed by atoms with Crippen LogP contribution in [0.15, 0.2) is 24.3 Å². The molecule has 1 aliphatic rings. The lowest BCUT2D eigenvalue weighted by atomic mass is 9.99. The molecule has 2 rings (SSSR count). The van der Waals surface area contributed by atoms with Crippen molar-refractivity contribution in [3.8, 4) is 0 Å². The van der Waals surface area contributed by atoms with Crippen molar-refractivity contribution in [2.24, 2.45) is 0 Å². The predicted molar refractivity (Wildman–Crippen MR) is 62.5 cm³/mol. The molecule has 0 spiro atoms. The van der Waals surface area contributed by atoms with E-state index in [4.69, 9.17) is 5.11 Å². The lowest BCUT2D eigenvalue weighted by Crippen LogP contribution is -2.46. The Balaban J connectivity index is 1.97. The van der Waals surface area contributed by atoms with E-state index >= 15 is 0 Å². The highest BCUT2D eigenvalue weighted by atomic mass is 16.4. The Morgan fingerprint density at radius 3 is 2.56 bits per heavy atom. The second-order valence-electron chi connectivity index (χ2n) is 4.32. The van der Waals surface area contributed by atoms with Crippen LogP contribution in [0.1, 0.15) is 35.7 Å². The van der Waals surface area contributed by atoms with Gasteiger partial charge >= 0.3 is 5.97 Å². The molecule has 1 unspecified atom stereocenters. The standard InChI is InChI=1S/C13H17NO2/c1-2-12-7-8-14(12)9-10-3-5-11(6-4-10)13(15)16/h3-6,12H,2,7-9H2,1H3,(H,15,16). The molecule has 0 radical (unpaired) electrons. The van der Waals surface area contributed by atoms with Gasteiger partial charge in [-0.3, -0.25) is 4.90 Å². The third kappa shape index (κ3) is 2.25. The molecule has 1 atom stereocenters. The third-order valence-electron chi connectivity index (χ3n) is 3.32. The monoisotopic (exact) mass is 219 g/mol. The smallest absolute Gasteiger partial charge is 0.335 e. The molecule has 1 N–H and O–H groups in total. The van der Waals surface area contributed by atoms with Crippen molar-refractivity contribution in [2.75, 3.05) is 6.54 Å². The molecule has 1 heterocycles. The quantitative estimate of drug-likeness (QED) is 0.845. The highest BCUT2D eigenvalue weighted by Gasteiger charge is 2.25. The summed E-state index contributed by atoms with van der Waals surface area (Å²) in [6.45, 7) is 4.32. The van der Waals surface area contributed by atoms with Crippen LogP contribution in [-0.4, -0.2) is 28.6 Å². The molecule has 3 heteroatoms. The Labute approximate surface area is 95.7 Å². The molecular formula is C13H17NO2. The number of carboxylic acids is 1. The first-order chi connectivity index (χ1) is 7.70. The molecule has 0 aliphatic carbocycles. The van der Waals surface area contributed by atoms with Crippen LogP contribution in [-0.2, 0) is 6.54 Å². The van der Waals surface area contributed by atoms with Gasteiger partial charge in [-0.25, -0.2) is 4.79 Å². The van der Waals surface area contributed by atoms with Gasteiger partial charge in [-0.1, -0.05) is 19.1 Å². The second-order valence-corrected chi connectivity index (χ2v) is 4.32. The van der Waals surface area contributed by atoms with Crippen molar-refractivity contribution in [1.82, 2.24) is 4.90 Å². The number of benzene rings is 1. The molecule has 0 aromatic heterocycles. The maximum atomic E-state index is 10.7.